The minimum absolute atomic E-state index is 0.170. The minimum atomic E-state index is -0.170. The molecular weight excluding hydrogens is 276 g/mol. The lowest BCUT2D eigenvalue weighted by molar-refractivity contribution is 0.0953. The molecule has 0 aliphatic carbocycles. The molecule has 0 saturated heterocycles. The van der Waals surface area contributed by atoms with Crippen molar-refractivity contribution in [3.63, 3.8) is 0 Å². The third kappa shape index (κ3) is 3.68. The van der Waals surface area contributed by atoms with Gasteiger partial charge in [0.15, 0.2) is 0 Å². The van der Waals surface area contributed by atoms with Crippen molar-refractivity contribution in [3.8, 4) is 0 Å². The molecule has 0 saturated carbocycles. The number of carbonyl (C=O) groups excluding carboxylic acids is 1. The summed E-state index contributed by atoms with van der Waals surface area (Å²) in [7, 11) is 0. The number of para-hydroxylation sites is 1. The predicted molar refractivity (Wildman–Crippen MR) is 79.4 cm³/mol. The zero-order valence-corrected chi connectivity index (χ0v) is 11.8. The summed E-state index contributed by atoms with van der Waals surface area (Å²) >= 11 is 6.03. The largest absolute Gasteiger partial charge is 0.352 e. The van der Waals surface area contributed by atoms with Gasteiger partial charge in [-0.3, -0.25) is 4.79 Å². The first-order chi connectivity index (χ1) is 9.70. The Kier molecular flexibility index (Phi) is 4.90. The molecule has 1 aromatic carbocycles. The smallest absolute Gasteiger partial charge is 0.254 e. The maximum atomic E-state index is 11.7. The van der Waals surface area contributed by atoms with Crippen molar-refractivity contribution >= 4 is 29.1 Å². The molecule has 0 fully saturated rings. The van der Waals surface area contributed by atoms with Crippen LogP contribution in [0.2, 0.25) is 5.02 Å². The second kappa shape index (κ2) is 6.86. The van der Waals surface area contributed by atoms with Gasteiger partial charge in [0.2, 0.25) is 5.95 Å². The van der Waals surface area contributed by atoms with E-state index in [0.717, 1.165) is 12.1 Å². The van der Waals surface area contributed by atoms with E-state index < -0.39 is 0 Å². The van der Waals surface area contributed by atoms with Gasteiger partial charge in [-0.1, -0.05) is 30.7 Å². The molecule has 0 unspecified atom stereocenters. The summed E-state index contributed by atoms with van der Waals surface area (Å²) in [6, 6.07) is 7.31. The van der Waals surface area contributed by atoms with E-state index in [4.69, 9.17) is 11.6 Å². The predicted octanol–water partition coefficient (Wildman–Crippen LogP) is 3.01. The number of benzene rings is 1. The molecule has 0 spiro atoms. The van der Waals surface area contributed by atoms with Crippen LogP contribution < -0.4 is 10.6 Å². The van der Waals surface area contributed by atoms with Gasteiger partial charge in [0, 0.05) is 18.9 Å². The van der Waals surface area contributed by atoms with E-state index in [1.165, 1.54) is 12.4 Å². The fourth-order valence-electron chi connectivity index (χ4n) is 1.53. The number of nitrogens with zero attached hydrogens (tertiary/aromatic N) is 2. The maximum Gasteiger partial charge on any atom is 0.254 e. The minimum Gasteiger partial charge on any atom is -0.352 e. The van der Waals surface area contributed by atoms with Crippen LogP contribution in [0.4, 0.5) is 11.6 Å². The number of nitrogens with one attached hydrogen (secondary N) is 2. The third-order valence-corrected chi connectivity index (χ3v) is 2.90. The topological polar surface area (TPSA) is 66.9 Å². The molecule has 0 aliphatic rings. The van der Waals surface area contributed by atoms with Crippen LogP contribution in [0.1, 0.15) is 23.7 Å². The van der Waals surface area contributed by atoms with E-state index >= 15 is 0 Å². The molecule has 0 aliphatic heterocycles. The van der Waals surface area contributed by atoms with Gasteiger partial charge in [0.1, 0.15) is 0 Å². The molecule has 2 aromatic rings. The molecule has 1 amide bonds. The molecule has 1 aromatic heterocycles. The molecule has 5 nitrogen and oxygen atoms in total. The van der Waals surface area contributed by atoms with Crippen molar-refractivity contribution in [3.05, 3.63) is 47.2 Å². The maximum absolute atomic E-state index is 11.7. The first kappa shape index (κ1) is 14.3. The molecule has 20 heavy (non-hydrogen) atoms. The Morgan fingerprint density at radius 2 is 1.95 bits per heavy atom. The second-order valence-corrected chi connectivity index (χ2v) is 4.56. The van der Waals surface area contributed by atoms with E-state index in [1.807, 2.05) is 25.1 Å². The molecule has 6 heteroatoms. The van der Waals surface area contributed by atoms with Crippen LogP contribution in [-0.4, -0.2) is 22.4 Å². The van der Waals surface area contributed by atoms with Crippen LogP contribution in [0.3, 0.4) is 0 Å². The summed E-state index contributed by atoms with van der Waals surface area (Å²) in [5.41, 5.74) is 1.15. The SMILES string of the molecule is CCCNC(=O)c1cnc(Nc2ccccc2Cl)nc1. The quantitative estimate of drug-likeness (QED) is 0.888. The average molecular weight is 291 g/mol. The highest BCUT2D eigenvalue weighted by Crippen LogP contribution is 2.22. The highest BCUT2D eigenvalue weighted by atomic mass is 35.5. The van der Waals surface area contributed by atoms with Crippen LogP contribution in [-0.2, 0) is 0 Å². The van der Waals surface area contributed by atoms with Crippen molar-refractivity contribution in [2.24, 2.45) is 0 Å². The van der Waals surface area contributed by atoms with Gasteiger partial charge in [0.25, 0.3) is 5.91 Å². The van der Waals surface area contributed by atoms with Gasteiger partial charge in [-0.15, -0.1) is 0 Å². The summed E-state index contributed by atoms with van der Waals surface area (Å²) in [5, 5.41) is 6.35. The lowest BCUT2D eigenvalue weighted by Crippen LogP contribution is -2.24. The molecule has 104 valence electrons. The van der Waals surface area contributed by atoms with Crippen molar-refractivity contribution < 1.29 is 4.79 Å². The number of anilines is 2. The van der Waals surface area contributed by atoms with E-state index in [0.29, 0.717) is 23.1 Å². The normalized spacial score (nSPS) is 10.1. The number of rotatable bonds is 5. The van der Waals surface area contributed by atoms with Crippen LogP contribution in [0, 0.1) is 0 Å². The zero-order chi connectivity index (χ0) is 14.4. The monoisotopic (exact) mass is 290 g/mol. The van der Waals surface area contributed by atoms with Gasteiger partial charge >= 0.3 is 0 Å². The van der Waals surface area contributed by atoms with Crippen LogP contribution in [0.5, 0.6) is 0 Å². The number of halogens is 1. The molecule has 0 atom stereocenters. The average Bonchev–Trinajstić information content (AvgIpc) is 2.48. The molecule has 0 bridgehead atoms. The third-order valence-electron chi connectivity index (χ3n) is 2.57. The van der Waals surface area contributed by atoms with Crippen LogP contribution in [0.15, 0.2) is 36.7 Å². The number of aromatic nitrogens is 2. The fourth-order valence-corrected chi connectivity index (χ4v) is 1.72. The fraction of sp³-hybridized carbons (Fsp3) is 0.214. The summed E-state index contributed by atoms with van der Waals surface area (Å²) < 4.78 is 0. The van der Waals surface area contributed by atoms with E-state index in [-0.39, 0.29) is 5.91 Å². The van der Waals surface area contributed by atoms with Gasteiger partial charge in [-0.25, -0.2) is 9.97 Å². The van der Waals surface area contributed by atoms with E-state index in [9.17, 15) is 4.79 Å². The van der Waals surface area contributed by atoms with Gasteiger partial charge < -0.3 is 10.6 Å². The number of amides is 1. The van der Waals surface area contributed by atoms with Crippen molar-refractivity contribution in [2.45, 2.75) is 13.3 Å². The molecular formula is C14H15ClN4O. The number of hydrogen-bond acceptors (Lipinski definition) is 4. The van der Waals surface area contributed by atoms with Crippen molar-refractivity contribution in [2.75, 3.05) is 11.9 Å². The molecule has 2 N–H and O–H groups in total. The Bertz CT molecular complexity index is 586. The lowest BCUT2D eigenvalue weighted by atomic mass is 10.3. The molecule has 2 rings (SSSR count). The molecule has 0 radical (unpaired) electrons. The van der Waals surface area contributed by atoms with Crippen LogP contribution in [0.25, 0.3) is 0 Å². The highest BCUT2D eigenvalue weighted by Gasteiger charge is 2.07. The zero-order valence-electron chi connectivity index (χ0n) is 11.1. The van der Waals surface area contributed by atoms with Crippen molar-refractivity contribution in [1.29, 1.82) is 0 Å². The van der Waals surface area contributed by atoms with Gasteiger partial charge in [0.05, 0.1) is 16.3 Å². The van der Waals surface area contributed by atoms with E-state index in [1.54, 1.807) is 6.07 Å². The summed E-state index contributed by atoms with van der Waals surface area (Å²) in [5.74, 6) is 0.223. The van der Waals surface area contributed by atoms with Crippen molar-refractivity contribution in [1.82, 2.24) is 15.3 Å². The summed E-state index contributed by atoms with van der Waals surface area (Å²) in [4.78, 5) is 19.9. The first-order valence-electron chi connectivity index (χ1n) is 6.32. The van der Waals surface area contributed by atoms with Gasteiger partial charge in [-0.05, 0) is 18.6 Å². The summed E-state index contributed by atoms with van der Waals surface area (Å²) in [6.45, 7) is 2.63. The highest BCUT2D eigenvalue weighted by molar-refractivity contribution is 6.33. The van der Waals surface area contributed by atoms with Crippen LogP contribution >= 0.6 is 11.6 Å². The van der Waals surface area contributed by atoms with Gasteiger partial charge in [-0.2, -0.15) is 0 Å². The Morgan fingerprint density at radius 3 is 2.60 bits per heavy atom. The van der Waals surface area contributed by atoms with E-state index in [2.05, 4.69) is 20.6 Å². The molecule has 1 heterocycles. The Labute approximate surface area is 122 Å². The number of hydrogen-bond donors (Lipinski definition) is 2. The summed E-state index contributed by atoms with van der Waals surface area (Å²) in [6.07, 6.45) is 3.85. The Hall–Kier alpha value is -2.14. The number of carbonyl (C=O) groups is 1. The first-order valence-corrected chi connectivity index (χ1v) is 6.70. The lowest BCUT2D eigenvalue weighted by Gasteiger charge is -2.07. The Balaban J connectivity index is 2.05. The second-order valence-electron chi connectivity index (χ2n) is 4.16. The Morgan fingerprint density at radius 1 is 1.25 bits per heavy atom. The standard InChI is InChI=1S/C14H15ClN4O/c1-2-7-16-13(20)10-8-17-14(18-9-10)19-12-6-4-3-5-11(12)15/h3-6,8-9H,2,7H2,1H3,(H,16,20)(H,17,18,19).